The van der Waals surface area contributed by atoms with Gasteiger partial charge < -0.3 is 9.30 Å². The topological polar surface area (TPSA) is 31.2 Å². The Kier molecular flexibility index (Phi) is 6.45. The van der Waals surface area contributed by atoms with E-state index in [1.807, 2.05) is 32.4 Å². The summed E-state index contributed by atoms with van der Waals surface area (Å²) >= 11 is 0. The van der Waals surface area contributed by atoms with Crippen molar-refractivity contribution in [2.45, 2.75) is 46.6 Å². The van der Waals surface area contributed by atoms with E-state index >= 15 is 0 Å². The number of hydrogen-bond donors (Lipinski definition) is 0. The van der Waals surface area contributed by atoms with E-state index in [1.54, 1.807) is 18.3 Å². The van der Waals surface area contributed by atoms with Crippen LogP contribution in [0.4, 0.5) is 0 Å². The van der Waals surface area contributed by atoms with Crippen LogP contribution in [0.2, 0.25) is 0 Å². The van der Waals surface area contributed by atoms with Crippen LogP contribution >= 0.6 is 0 Å². The van der Waals surface area contributed by atoms with Gasteiger partial charge in [0, 0.05) is 18.9 Å². The minimum Gasteiger partial charge on any atom is -0.456 e. The first-order valence-electron chi connectivity index (χ1n) is 6.27. The van der Waals surface area contributed by atoms with Gasteiger partial charge in [-0.05, 0) is 32.9 Å². The van der Waals surface area contributed by atoms with Gasteiger partial charge in [-0.3, -0.25) is 0 Å². The second kappa shape index (κ2) is 7.04. The molecule has 0 fully saturated rings. The van der Waals surface area contributed by atoms with Crippen LogP contribution in [-0.4, -0.2) is 16.1 Å². The molecule has 1 rings (SSSR count). The number of carbonyl (C=O) groups is 1. The first kappa shape index (κ1) is 16.5. The van der Waals surface area contributed by atoms with Gasteiger partial charge in [-0.1, -0.05) is 26.8 Å². The fourth-order valence-corrected chi connectivity index (χ4v) is 1.23. The Morgan fingerprint density at radius 2 is 1.94 bits per heavy atom. The van der Waals surface area contributed by atoms with Gasteiger partial charge in [-0.25, -0.2) is 4.79 Å². The number of carbonyl (C=O) groups excluding carboxylic acids is 1. The summed E-state index contributed by atoms with van der Waals surface area (Å²) in [6, 6.07) is 1.76. The molecule has 0 aliphatic heterocycles. The molecule has 3 heteroatoms. The first-order valence-corrected chi connectivity index (χ1v) is 6.27. The van der Waals surface area contributed by atoms with Crippen LogP contribution in [0.3, 0.4) is 0 Å². The second-order valence-electron chi connectivity index (χ2n) is 5.18. The van der Waals surface area contributed by atoms with Crippen molar-refractivity contribution in [1.29, 1.82) is 0 Å². The van der Waals surface area contributed by atoms with E-state index < -0.39 is 5.60 Å². The number of rotatable bonds is 2. The summed E-state index contributed by atoms with van der Waals surface area (Å²) in [7, 11) is 1.87. The number of aryl methyl sites for hydroxylation is 1. The lowest BCUT2D eigenvalue weighted by Gasteiger charge is -2.18. The lowest BCUT2D eigenvalue weighted by Crippen LogP contribution is -2.23. The summed E-state index contributed by atoms with van der Waals surface area (Å²) in [6.07, 6.45) is 4.69. The highest BCUT2D eigenvalue weighted by Crippen LogP contribution is 2.14. The minimum atomic E-state index is -0.457. The number of hydrogen-bond acceptors (Lipinski definition) is 2. The summed E-state index contributed by atoms with van der Waals surface area (Å²) in [6.45, 7) is 13.5. The Hall–Kier alpha value is -1.51. The summed E-state index contributed by atoms with van der Waals surface area (Å²) in [5, 5.41) is 0. The van der Waals surface area contributed by atoms with E-state index in [9.17, 15) is 4.79 Å². The summed E-state index contributed by atoms with van der Waals surface area (Å²) in [5.74, 6) is -0.300. The van der Waals surface area contributed by atoms with Crippen LogP contribution in [0.1, 0.15) is 57.1 Å². The van der Waals surface area contributed by atoms with Gasteiger partial charge in [0.25, 0.3) is 0 Å². The zero-order valence-corrected chi connectivity index (χ0v) is 12.4. The van der Waals surface area contributed by atoms with Crippen molar-refractivity contribution in [3.63, 3.8) is 0 Å². The molecule has 0 atom stereocenters. The zero-order chi connectivity index (χ0) is 14.3. The van der Waals surface area contributed by atoms with E-state index in [0.717, 1.165) is 5.69 Å². The van der Waals surface area contributed by atoms with Gasteiger partial charge in [0.2, 0.25) is 0 Å². The molecule has 0 bridgehead atoms. The van der Waals surface area contributed by atoms with E-state index in [1.165, 1.54) is 6.42 Å². The summed E-state index contributed by atoms with van der Waals surface area (Å²) in [4.78, 5) is 11.7. The maximum absolute atomic E-state index is 11.7. The first-order chi connectivity index (χ1) is 8.25. The van der Waals surface area contributed by atoms with Gasteiger partial charge in [-0.15, -0.1) is 0 Å². The van der Waals surface area contributed by atoms with Crippen molar-refractivity contribution in [2.24, 2.45) is 7.05 Å². The third-order valence-electron chi connectivity index (χ3n) is 1.89. The fraction of sp³-hybridized carbons (Fsp3) is 0.533. The van der Waals surface area contributed by atoms with Crippen molar-refractivity contribution >= 4 is 12.0 Å². The van der Waals surface area contributed by atoms with E-state index in [-0.39, 0.29) is 5.97 Å². The smallest absolute Gasteiger partial charge is 0.340 e. The Morgan fingerprint density at radius 1 is 1.44 bits per heavy atom. The van der Waals surface area contributed by atoms with Gasteiger partial charge >= 0.3 is 5.97 Å². The van der Waals surface area contributed by atoms with Gasteiger partial charge in [-0.2, -0.15) is 0 Å². The lowest BCUT2D eigenvalue weighted by molar-refractivity contribution is 0.00695. The van der Waals surface area contributed by atoms with E-state index in [2.05, 4.69) is 20.4 Å². The Morgan fingerprint density at radius 3 is 2.28 bits per heavy atom. The zero-order valence-electron chi connectivity index (χ0n) is 12.4. The highest BCUT2D eigenvalue weighted by Gasteiger charge is 2.19. The van der Waals surface area contributed by atoms with Crippen LogP contribution in [0, 0.1) is 0 Å². The summed E-state index contributed by atoms with van der Waals surface area (Å²) < 4.78 is 7.09. The van der Waals surface area contributed by atoms with Crippen molar-refractivity contribution in [3.05, 3.63) is 30.1 Å². The Labute approximate surface area is 110 Å². The molecule has 1 aromatic heterocycles. The molecule has 0 aliphatic carbocycles. The third kappa shape index (κ3) is 5.71. The average molecular weight is 251 g/mol. The van der Waals surface area contributed by atoms with Crippen molar-refractivity contribution in [1.82, 2.24) is 4.57 Å². The molecule has 102 valence electrons. The van der Waals surface area contributed by atoms with Gasteiger partial charge in [0.1, 0.15) is 5.60 Å². The Bertz CT molecular complexity index is 397. The average Bonchev–Trinajstić information content (AvgIpc) is 2.58. The monoisotopic (exact) mass is 251 g/mol. The van der Waals surface area contributed by atoms with E-state index in [0.29, 0.717) is 5.56 Å². The van der Waals surface area contributed by atoms with Gasteiger partial charge in [0.15, 0.2) is 0 Å². The third-order valence-corrected chi connectivity index (χ3v) is 1.89. The highest BCUT2D eigenvalue weighted by atomic mass is 16.6. The van der Waals surface area contributed by atoms with Crippen LogP contribution < -0.4 is 0 Å². The van der Waals surface area contributed by atoms with Crippen LogP contribution in [-0.2, 0) is 11.8 Å². The molecule has 0 unspecified atom stereocenters. The molecule has 0 spiro atoms. The van der Waals surface area contributed by atoms with Crippen molar-refractivity contribution in [3.8, 4) is 0 Å². The molecule has 1 heterocycles. The Balaban J connectivity index is 0.000000873. The number of esters is 1. The molecule has 0 aliphatic rings. The fourth-order valence-electron chi connectivity index (χ4n) is 1.23. The van der Waals surface area contributed by atoms with E-state index in [4.69, 9.17) is 4.74 Å². The number of aromatic nitrogens is 1. The van der Waals surface area contributed by atoms with Gasteiger partial charge in [0.05, 0.1) is 5.56 Å². The number of nitrogens with zero attached hydrogens (tertiary/aromatic N) is 1. The molecule has 0 radical (unpaired) electrons. The van der Waals surface area contributed by atoms with Crippen LogP contribution in [0.5, 0.6) is 0 Å². The number of ether oxygens (including phenoxy) is 1. The maximum atomic E-state index is 11.7. The van der Waals surface area contributed by atoms with Crippen LogP contribution in [0.25, 0.3) is 6.08 Å². The van der Waals surface area contributed by atoms with Crippen LogP contribution in [0.15, 0.2) is 18.8 Å². The largest absolute Gasteiger partial charge is 0.456 e. The molecule has 0 amide bonds. The SMILES string of the molecule is C=Cc1cc(C(=O)OC(C)(C)C)cn1C.CCC. The molecule has 3 nitrogen and oxygen atoms in total. The summed E-state index contributed by atoms with van der Waals surface area (Å²) in [5.41, 5.74) is 1.000. The molecule has 0 saturated heterocycles. The molecule has 0 N–H and O–H groups in total. The molecule has 0 aromatic carbocycles. The predicted molar refractivity (Wildman–Crippen MR) is 76.6 cm³/mol. The lowest BCUT2D eigenvalue weighted by atomic mass is 10.2. The molecular weight excluding hydrogens is 226 g/mol. The quantitative estimate of drug-likeness (QED) is 0.743. The normalized spacial score (nSPS) is 10.3. The standard InChI is InChI=1S/C12H17NO2.C3H8/c1-6-10-7-9(8-13(10)5)11(14)15-12(2,3)4;1-3-2/h6-8H,1H2,2-5H3;3H2,1-2H3. The molecule has 1 aromatic rings. The minimum absolute atomic E-state index is 0.300. The molecule has 18 heavy (non-hydrogen) atoms. The predicted octanol–water partition coefficient (Wildman–Crippen LogP) is 4.04. The molecular formula is C15H25NO2. The van der Waals surface area contributed by atoms with Crippen molar-refractivity contribution < 1.29 is 9.53 Å². The van der Waals surface area contributed by atoms with Crippen molar-refractivity contribution in [2.75, 3.05) is 0 Å². The molecule has 0 saturated carbocycles. The highest BCUT2D eigenvalue weighted by molar-refractivity contribution is 5.90. The second-order valence-corrected chi connectivity index (χ2v) is 5.18. The maximum Gasteiger partial charge on any atom is 0.340 e.